The first kappa shape index (κ1) is 26.2. The summed E-state index contributed by atoms with van der Waals surface area (Å²) in [5.74, 6) is 0.0753. The van der Waals surface area contributed by atoms with Gasteiger partial charge in [-0.3, -0.25) is 4.79 Å². The van der Waals surface area contributed by atoms with Gasteiger partial charge in [-0.2, -0.15) is 9.41 Å². The van der Waals surface area contributed by atoms with Gasteiger partial charge in [0.25, 0.3) is 5.91 Å². The summed E-state index contributed by atoms with van der Waals surface area (Å²) in [6, 6.07) is 17.9. The van der Waals surface area contributed by atoms with E-state index in [9.17, 15) is 13.2 Å². The number of benzene rings is 3. The molecule has 0 unspecified atom stereocenters. The standard InChI is InChI=1S/C23H20BrCl2N3O4S/c1-33-20-8-2-16(3-9-20)13-27-28-23(30)15-29(14-17-4-7-19(25)12-22(17)26)34(31,32)21-10-5-18(24)6-11-21/h2-13H,14-15H2,1H3,(H,28,30)/b27-13+. The molecule has 0 saturated heterocycles. The summed E-state index contributed by atoms with van der Waals surface area (Å²) in [5, 5.41) is 4.63. The van der Waals surface area contributed by atoms with E-state index >= 15 is 0 Å². The molecule has 1 N–H and O–H groups in total. The van der Waals surface area contributed by atoms with Crippen LogP contribution >= 0.6 is 39.1 Å². The molecule has 1 amide bonds. The van der Waals surface area contributed by atoms with Gasteiger partial charge in [-0.1, -0.05) is 45.2 Å². The number of hydrogen-bond donors (Lipinski definition) is 1. The van der Waals surface area contributed by atoms with Gasteiger partial charge in [0, 0.05) is 21.1 Å². The van der Waals surface area contributed by atoms with Crippen molar-refractivity contribution in [2.45, 2.75) is 11.4 Å². The van der Waals surface area contributed by atoms with Crippen LogP contribution in [-0.2, 0) is 21.4 Å². The highest BCUT2D eigenvalue weighted by Crippen LogP contribution is 2.25. The number of rotatable bonds is 9. The molecule has 34 heavy (non-hydrogen) atoms. The van der Waals surface area contributed by atoms with Crippen LogP contribution in [0.3, 0.4) is 0 Å². The Morgan fingerprint density at radius 2 is 1.76 bits per heavy atom. The Hall–Kier alpha value is -2.43. The number of nitrogens with one attached hydrogen (secondary N) is 1. The molecule has 3 rings (SSSR count). The van der Waals surface area contributed by atoms with Crippen molar-refractivity contribution < 1.29 is 17.9 Å². The molecule has 0 bridgehead atoms. The topological polar surface area (TPSA) is 88.1 Å². The number of methoxy groups -OCH3 is 1. The van der Waals surface area contributed by atoms with Crippen molar-refractivity contribution in [3.05, 3.63) is 92.4 Å². The van der Waals surface area contributed by atoms with E-state index in [2.05, 4.69) is 26.5 Å². The maximum absolute atomic E-state index is 13.3. The van der Waals surface area contributed by atoms with E-state index < -0.39 is 22.5 Å². The fraction of sp³-hybridized carbons (Fsp3) is 0.130. The maximum atomic E-state index is 13.3. The molecule has 0 heterocycles. The zero-order valence-corrected chi connectivity index (χ0v) is 21.8. The lowest BCUT2D eigenvalue weighted by Crippen LogP contribution is -2.39. The fourth-order valence-electron chi connectivity index (χ4n) is 2.89. The predicted molar refractivity (Wildman–Crippen MR) is 137 cm³/mol. The molecule has 0 aromatic heterocycles. The van der Waals surface area contributed by atoms with Crippen molar-refractivity contribution in [2.75, 3.05) is 13.7 Å². The van der Waals surface area contributed by atoms with Crippen LogP contribution < -0.4 is 10.2 Å². The molecule has 0 spiro atoms. The normalized spacial score (nSPS) is 11.7. The molecule has 0 fully saturated rings. The van der Waals surface area contributed by atoms with Crippen molar-refractivity contribution in [2.24, 2.45) is 5.10 Å². The Morgan fingerprint density at radius 1 is 1.09 bits per heavy atom. The smallest absolute Gasteiger partial charge is 0.255 e. The van der Waals surface area contributed by atoms with E-state index in [4.69, 9.17) is 27.9 Å². The number of hydrazone groups is 1. The Kier molecular flexibility index (Phi) is 9.10. The molecule has 3 aromatic rings. The third kappa shape index (κ3) is 7.04. The first-order valence-corrected chi connectivity index (χ1v) is 12.8. The molecule has 11 heteroatoms. The summed E-state index contributed by atoms with van der Waals surface area (Å²) in [6.07, 6.45) is 1.45. The lowest BCUT2D eigenvalue weighted by atomic mass is 10.2. The van der Waals surface area contributed by atoms with Gasteiger partial charge >= 0.3 is 0 Å². The summed E-state index contributed by atoms with van der Waals surface area (Å²) >= 11 is 15.5. The van der Waals surface area contributed by atoms with Gasteiger partial charge in [-0.25, -0.2) is 13.8 Å². The second-order valence-corrected chi connectivity index (χ2v) is 10.7. The Morgan fingerprint density at radius 3 is 2.38 bits per heavy atom. The van der Waals surface area contributed by atoms with Crippen LogP contribution in [0.15, 0.2) is 81.2 Å². The quantitative estimate of drug-likeness (QED) is 0.280. The van der Waals surface area contributed by atoms with Gasteiger partial charge in [-0.05, 0) is 71.8 Å². The number of carbonyl (C=O) groups is 1. The van der Waals surface area contributed by atoms with Crippen molar-refractivity contribution in [3.63, 3.8) is 0 Å². The SMILES string of the molecule is COc1ccc(/C=N/NC(=O)CN(Cc2ccc(Cl)cc2Cl)S(=O)(=O)c2ccc(Br)cc2)cc1. The Bertz CT molecular complexity index is 1280. The van der Waals surface area contributed by atoms with Crippen molar-refractivity contribution in [1.29, 1.82) is 0 Å². The second-order valence-electron chi connectivity index (χ2n) is 7.03. The zero-order chi connectivity index (χ0) is 24.7. The van der Waals surface area contributed by atoms with E-state index in [0.29, 0.717) is 21.4 Å². The molecule has 3 aromatic carbocycles. The minimum Gasteiger partial charge on any atom is -0.497 e. The van der Waals surface area contributed by atoms with Crippen LogP contribution in [0.4, 0.5) is 0 Å². The first-order valence-electron chi connectivity index (χ1n) is 9.84. The van der Waals surface area contributed by atoms with Crippen LogP contribution in [-0.4, -0.2) is 38.5 Å². The van der Waals surface area contributed by atoms with Gasteiger partial charge in [0.1, 0.15) is 5.75 Å². The number of ether oxygens (including phenoxy) is 1. The fourth-order valence-corrected chi connectivity index (χ4v) is 4.99. The first-order chi connectivity index (χ1) is 16.2. The number of carbonyl (C=O) groups excluding carboxylic acids is 1. The third-order valence-electron chi connectivity index (χ3n) is 4.65. The van der Waals surface area contributed by atoms with Crippen molar-refractivity contribution >= 4 is 61.3 Å². The summed E-state index contributed by atoms with van der Waals surface area (Å²) in [6.45, 7) is -0.610. The summed E-state index contributed by atoms with van der Waals surface area (Å²) in [5.41, 5.74) is 3.60. The number of sulfonamides is 1. The molecule has 0 radical (unpaired) electrons. The van der Waals surface area contributed by atoms with E-state index in [1.165, 1.54) is 24.4 Å². The largest absolute Gasteiger partial charge is 0.497 e. The van der Waals surface area contributed by atoms with Crippen LogP contribution in [0, 0.1) is 0 Å². The molecule has 0 aliphatic heterocycles. The van der Waals surface area contributed by atoms with E-state index in [0.717, 1.165) is 14.3 Å². The highest BCUT2D eigenvalue weighted by molar-refractivity contribution is 9.10. The minimum atomic E-state index is -4.03. The van der Waals surface area contributed by atoms with Crippen LogP contribution in [0.2, 0.25) is 10.0 Å². The van der Waals surface area contributed by atoms with Crippen LogP contribution in [0.25, 0.3) is 0 Å². The van der Waals surface area contributed by atoms with Gasteiger partial charge in [-0.15, -0.1) is 0 Å². The Balaban J connectivity index is 1.80. The van der Waals surface area contributed by atoms with Crippen molar-refractivity contribution in [3.8, 4) is 5.75 Å². The monoisotopic (exact) mass is 583 g/mol. The average molecular weight is 585 g/mol. The molecule has 0 aliphatic carbocycles. The minimum absolute atomic E-state index is 0.0373. The maximum Gasteiger partial charge on any atom is 0.255 e. The molecule has 7 nitrogen and oxygen atoms in total. The Labute approximate surface area is 216 Å². The summed E-state index contributed by atoms with van der Waals surface area (Å²) < 4.78 is 33.5. The van der Waals surface area contributed by atoms with Crippen molar-refractivity contribution in [1.82, 2.24) is 9.73 Å². The summed E-state index contributed by atoms with van der Waals surface area (Å²) in [4.78, 5) is 12.6. The van der Waals surface area contributed by atoms with Gasteiger partial charge in [0.15, 0.2) is 0 Å². The summed E-state index contributed by atoms with van der Waals surface area (Å²) in [7, 11) is -2.46. The second kappa shape index (κ2) is 11.8. The highest BCUT2D eigenvalue weighted by Gasteiger charge is 2.27. The molecule has 0 atom stereocenters. The number of hydrogen-bond acceptors (Lipinski definition) is 5. The lowest BCUT2D eigenvalue weighted by molar-refractivity contribution is -0.121. The van der Waals surface area contributed by atoms with E-state index in [1.807, 2.05) is 0 Å². The molecule has 178 valence electrons. The molecule has 0 saturated carbocycles. The van der Waals surface area contributed by atoms with Crippen LogP contribution in [0.5, 0.6) is 5.75 Å². The molecular weight excluding hydrogens is 565 g/mol. The molecule has 0 aliphatic rings. The van der Waals surface area contributed by atoms with E-state index in [-0.39, 0.29) is 11.4 Å². The average Bonchev–Trinajstić information content (AvgIpc) is 2.81. The van der Waals surface area contributed by atoms with E-state index in [1.54, 1.807) is 55.6 Å². The predicted octanol–water partition coefficient (Wildman–Crippen LogP) is 5.11. The van der Waals surface area contributed by atoms with Gasteiger partial charge in [0.2, 0.25) is 10.0 Å². The highest BCUT2D eigenvalue weighted by atomic mass is 79.9. The third-order valence-corrected chi connectivity index (χ3v) is 7.57. The number of amides is 1. The van der Waals surface area contributed by atoms with Gasteiger partial charge < -0.3 is 4.74 Å². The number of halogens is 3. The molecular formula is C23H20BrCl2N3O4S. The lowest BCUT2D eigenvalue weighted by Gasteiger charge is -2.22. The number of nitrogens with zero attached hydrogens (tertiary/aromatic N) is 2. The zero-order valence-electron chi connectivity index (χ0n) is 17.9. The van der Waals surface area contributed by atoms with Gasteiger partial charge in [0.05, 0.1) is 24.8 Å². The van der Waals surface area contributed by atoms with Crippen LogP contribution in [0.1, 0.15) is 11.1 Å².